The first kappa shape index (κ1) is 17.0. The van der Waals surface area contributed by atoms with E-state index in [1.54, 1.807) is 13.1 Å². The average molecular weight is 336 g/mol. The Morgan fingerprint density at radius 2 is 1.96 bits per heavy atom. The maximum Gasteiger partial charge on any atom is 0.353 e. The smallest absolute Gasteiger partial charge is 0.353 e. The van der Waals surface area contributed by atoms with E-state index >= 15 is 0 Å². The van der Waals surface area contributed by atoms with Gasteiger partial charge in [-0.2, -0.15) is 5.10 Å². The lowest BCUT2D eigenvalue weighted by Crippen LogP contribution is -2.34. The molecule has 122 valence electrons. The number of carbonyl (C=O) groups is 2. The summed E-state index contributed by atoms with van der Waals surface area (Å²) < 4.78 is 0. The second-order valence-electron chi connectivity index (χ2n) is 5.60. The maximum atomic E-state index is 12.6. The van der Waals surface area contributed by atoms with Crippen LogP contribution in [0.1, 0.15) is 46.4 Å². The van der Waals surface area contributed by atoms with Gasteiger partial charge in [0.05, 0.1) is 6.04 Å². The minimum absolute atomic E-state index is 0.0580. The molecule has 23 heavy (non-hydrogen) atoms. The first-order valence-electron chi connectivity index (χ1n) is 7.13. The van der Waals surface area contributed by atoms with Gasteiger partial charge in [-0.3, -0.25) is 9.89 Å². The topological polar surface area (TPSA) is 86.3 Å². The fraction of sp³-hybridized carbons (Fsp3) is 0.312. The third-order valence-corrected chi connectivity index (χ3v) is 3.96. The molecule has 1 heterocycles. The van der Waals surface area contributed by atoms with Crippen LogP contribution < -0.4 is 0 Å². The van der Waals surface area contributed by atoms with Gasteiger partial charge in [-0.05, 0) is 17.5 Å². The Labute approximate surface area is 139 Å². The molecule has 0 saturated heterocycles. The van der Waals surface area contributed by atoms with Crippen LogP contribution in [0.4, 0.5) is 0 Å². The molecule has 0 spiro atoms. The molecule has 0 bridgehead atoms. The van der Waals surface area contributed by atoms with Gasteiger partial charge >= 0.3 is 5.97 Å². The van der Waals surface area contributed by atoms with Crippen molar-refractivity contribution in [2.45, 2.75) is 19.9 Å². The number of carbonyl (C=O) groups excluding carboxylic acids is 1. The molecule has 2 rings (SSSR count). The van der Waals surface area contributed by atoms with E-state index in [4.69, 9.17) is 16.7 Å². The van der Waals surface area contributed by atoms with Crippen molar-refractivity contribution in [3.05, 3.63) is 52.3 Å². The van der Waals surface area contributed by atoms with Crippen molar-refractivity contribution in [3.63, 3.8) is 0 Å². The number of aromatic carboxylic acids is 1. The number of nitrogens with zero attached hydrogens (tertiary/aromatic N) is 2. The van der Waals surface area contributed by atoms with Crippen LogP contribution in [0.5, 0.6) is 0 Å². The molecule has 0 fully saturated rings. The van der Waals surface area contributed by atoms with Crippen molar-refractivity contribution in [2.24, 2.45) is 5.92 Å². The highest BCUT2D eigenvalue weighted by Gasteiger charge is 2.28. The molecular formula is C16H18ClN3O3. The van der Waals surface area contributed by atoms with Gasteiger partial charge in [0.15, 0.2) is 5.69 Å². The van der Waals surface area contributed by atoms with Crippen LogP contribution in [0.3, 0.4) is 0 Å². The van der Waals surface area contributed by atoms with Crippen LogP contribution in [0.2, 0.25) is 5.02 Å². The number of amides is 1. The second-order valence-corrected chi connectivity index (χ2v) is 6.01. The van der Waals surface area contributed by atoms with Crippen LogP contribution >= 0.6 is 11.6 Å². The zero-order chi connectivity index (χ0) is 17.1. The molecule has 1 atom stereocenters. The van der Waals surface area contributed by atoms with E-state index in [1.165, 1.54) is 11.0 Å². The Hall–Kier alpha value is -2.34. The number of aromatic amines is 1. The normalized spacial score (nSPS) is 12.2. The van der Waals surface area contributed by atoms with Crippen molar-refractivity contribution in [2.75, 3.05) is 7.05 Å². The summed E-state index contributed by atoms with van der Waals surface area (Å²) in [6.45, 7) is 3.98. The van der Waals surface area contributed by atoms with E-state index in [0.717, 1.165) is 5.56 Å². The van der Waals surface area contributed by atoms with Gasteiger partial charge in [-0.25, -0.2) is 4.79 Å². The summed E-state index contributed by atoms with van der Waals surface area (Å²) in [5.41, 5.74) is 0.775. The molecule has 6 nitrogen and oxygen atoms in total. The predicted molar refractivity (Wildman–Crippen MR) is 86.7 cm³/mol. The van der Waals surface area contributed by atoms with Crippen molar-refractivity contribution in [3.8, 4) is 0 Å². The number of aromatic nitrogens is 2. The molecule has 0 aliphatic rings. The molecule has 1 unspecified atom stereocenters. The number of rotatable bonds is 5. The Morgan fingerprint density at radius 1 is 1.30 bits per heavy atom. The zero-order valence-electron chi connectivity index (χ0n) is 13.1. The van der Waals surface area contributed by atoms with Crippen molar-refractivity contribution in [1.82, 2.24) is 15.1 Å². The zero-order valence-corrected chi connectivity index (χ0v) is 13.8. The molecule has 0 radical (unpaired) electrons. The van der Waals surface area contributed by atoms with E-state index in [0.29, 0.717) is 5.02 Å². The molecule has 7 heteroatoms. The summed E-state index contributed by atoms with van der Waals surface area (Å²) >= 11 is 6.27. The predicted octanol–water partition coefficient (Wildman–Crippen LogP) is 3.23. The quantitative estimate of drug-likeness (QED) is 0.878. The first-order valence-corrected chi connectivity index (χ1v) is 7.51. The highest BCUT2D eigenvalue weighted by molar-refractivity contribution is 6.31. The lowest BCUT2D eigenvalue weighted by molar-refractivity contribution is 0.0679. The van der Waals surface area contributed by atoms with E-state index in [-0.39, 0.29) is 29.3 Å². The highest BCUT2D eigenvalue weighted by Crippen LogP contribution is 2.33. The molecule has 0 aliphatic carbocycles. The first-order chi connectivity index (χ1) is 10.8. The Balaban J connectivity index is 2.34. The highest BCUT2D eigenvalue weighted by atomic mass is 35.5. The number of hydrogen-bond acceptors (Lipinski definition) is 3. The molecule has 0 aliphatic heterocycles. The molecule has 1 aromatic heterocycles. The number of nitrogens with one attached hydrogen (secondary N) is 1. The van der Waals surface area contributed by atoms with Crippen LogP contribution in [0.25, 0.3) is 0 Å². The van der Waals surface area contributed by atoms with E-state index < -0.39 is 5.97 Å². The fourth-order valence-electron chi connectivity index (χ4n) is 2.58. The molecular weight excluding hydrogens is 318 g/mol. The summed E-state index contributed by atoms with van der Waals surface area (Å²) in [6.07, 6.45) is 0. The van der Waals surface area contributed by atoms with Gasteiger partial charge in [0.2, 0.25) is 0 Å². The number of benzene rings is 1. The SMILES string of the molecule is CC(C)C(c1ccccc1Cl)N(C)C(=O)c1cc(C(=O)O)[nH]n1. The molecule has 1 aromatic carbocycles. The maximum absolute atomic E-state index is 12.6. The van der Waals surface area contributed by atoms with Crippen molar-refractivity contribution >= 4 is 23.5 Å². The number of halogens is 1. The Morgan fingerprint density at radius 3 is 2.48 bits per heavy atom. The van der Waals surface area contributed by atoms with Gasteiger partial charge in [0, 0.05) is 18.1 Å². The van der Waals surface area contributed by atoms with Gasteiger partial charge in [0.25, 0.3) is 5.91 Å². The molecule has 0 saturated carbocycles. The van der Waals surface area contributed by atoms with Crippen molar-refractivity contribution in [1.29, 1.82) is 0 Å². The number of carboxylic acids is 1. The summed E-state index contributed by atoms with van der Waals surface area (Å²) in [5, 5.41) is 15.6. The second kappa shape index (κ2) is 6.83. The summed E-state index contributed by atoms with van der Waals surface area (Å²) in [5.74, 6) is -1.42. The lowest BCUT2D eigenvalue weighted by atomic mass is 9.94. The molecule has 2 N–H and O–H groups in total. The third kappa shape index (κ3) is 3.53. The van der Waals surface area contributed by atoms with Crippen LogP contribution in [0.15, 0.2) is 30.3 Å². The molecule has 1 amide bonds. The summed E-state index contributed by atoms with van der Waals surface area (Å²) in [6, 6.07) is 8.34. The van der Waals surface area contributed by atoms with Crippen molar-refractivity contribution < 1.29 is 14.7 Å². The van der Waals surface area contributed by atoms with Gasteiger partial charge in [0.1, 0.15) is 5.69 Å². The molecule has 2 aromatic rings. The lowest BCUT2D eigenvalue weighted by Gasteiger charge is -2.31. The van der Waals surface area contributed by atoms with Gasteiger partial charge in [-0.1, -0.05) is 43.6 Å². The Bertz CT molecular complexity index is 727. The van der Waals surface area contributed by atoms with Crippen LogP contribution in [0, 0.1) is 5.92 Å². The fourth-order valence-corrected chi connectivity index (χ4v) is 2.83. The number of hydrogen-bond donors (Lipinski definition) is 2. The van der Waals surface area contributed by atoms with E-state index in [1.807, 2.05) is 32.0 Å². The van der Waals surface area contributed by atoms with Gasteiger partial charge < -0.3 is 10.0 Å². The van der Waals surface area contributed by atoms with E-state index in [9.17, 15) is 9.59 Å². The monoisotopic (exact) mass is 335 g/mol. The minimum Gasteiger partial charge on any atom is -0.477 e. The van der Waals surface area contributed by atoms with Crippen LogP contribution in [-0.4, -0.2) is 39.1 Å². The standard InChI is InChI=1S/C16H18ClN3O3/c1-9(2)14(10-6-4-5-7-11(10)17)20(3)15(21)12-8-13(16(22)23)19-18-12/h4-9,14H,1-3H3,(H,18,19)(H,22,23). The number of carboxylic acid groups (broad SMARTS) is 1. The Kier molecular flexibility index (Phi) is 5.05. The minimum atomic E-state index is -1.16. The third-order valence-electron chi connectivity index (χ3n) is 3.62. The average Bonchev–Trinajstić information content (AvgIpc) is 2.98. The van der Waals surface area contributed by atoms with E-state index in [2.05, 4.69) is 10.2 Å². The largest absolute Gasteiger partial charge is 0.477 e. The van der Waals surface area contributed by atoms with Crippen LogP contribution in [-0.2, 0) is 0 Å². The number of H-pyrrole nitrogens is 1. The summed E-state index contributed by atoms with van der Waals surface area (Å²) in [7, 11) is 1.66. The summed E-state index contributed by atoms with van der Waals surface area (Å²) in [4.78, 5) is 25.1. The van der Waals surface area contributed by atoms with Gasteiger partial charge in [-0.15, -0.1) is 0 Å².